The van der Waals surface area contributed by atoms with Gasteiger partial charge < -0.3 is 0 Å². The summed E-state index contributed by atoms with van der Waals surface area (Å²) < 4.78 is 0. The Labute approximate surface area is 880 Å². The van der Waals surface area contributed by atoms with Gasteiger partial charge in [-0.2, -0.15) is 0 Å². The molecule has 61 unspecified atom stereocenters. The molecule has 0 spiro atoms. The number of hydrogen-bond acceptors (Lipinski definition) is 0. The van der Waals surface area contributed by atoms with Crippen LogP contribution < -0.4 is 0 Å². The molecule has 0 aromatic carbocycles. The third-order valence-electron chi connectivity index (χ3n) is 9.77. The molecule has 0 aromatic heterocycles. The fraction of sp³-hybridized carbons (Fsp3) is 0. The molecule has 111 heavy (non-hydrogen) atoms. The van der Waals surface area contributed by atoms with Crippen LogP contribution in [0.15, 0.2) is 0 Å². The monoisotopic (exact) mass is 3570 g/mol. The van der Waals surface area contributed by atoms with Gasteiger partial charge in [0.2, 0.25) is 0 Å². The van der Waals surface area contributed by atoms with Crippen LogP contribution in [0, 0.1) is 0 Å². The maximum absolute atomic E-state index is 3.82. The minimum absolute atomic E-state index is 0. The first-order valence-electron chi connectivity index (χ1n) is 25.1. The fourth-order valence-electron chi connectivity index (χ4n) is 6.73. The van der Waals surface area contributed by atoms with Gasteiger partial charge in [0, 0.05) is 18.6 Å². The van der Waals surface area contributed by atoms with Crippen molar-refractivity contribution in [1.82, 2.24) is 0 Å². The second-order valence-corrected chi connectivity index (χ2v) is 473. The summed E-state index contributed by atoms with van der Waals surface area (Å²) in [5.74, 6) is 0. The molecular weight excluding hydrogens is 3460 g/mol. The van der Waals surface area contributed by atoms with Crippen molar-refractivity contribution >= 4 is 877 Å². The van der Waals surface area contributed by atoms with Gasteiger partial charge in [-0.15, -0.1) is 491 Å². The molecule has 0 saturated carbocycles. The van der Waals surface area contributed by atoms with E-state index in [9.17, 15) is 0 Å². The van der Waals surface area contributed by atoms with Gasteiger partial charge >= 0.3 is 0 Å². The van der Waals surface area contributed by atoms with Crippen molar-refractivity contribution in [3.8, 4) is 0 Å². The second kappa shape index (κ2) is 89.1. The van der Waals surface area contributed by atoms with Crippen LogP contribution in [-0.2, 0) is 18.6 Å². The van der Waals surface area contributed by atoms with Crippen LogP contribution in [-0.4, -0.2) is 0 Å². The van der Waals surface area contributed by atoms with Gasteiger partial charge in [-0.25, -0.2) is 0 Å². The molecule has 111 heteroatoms. The molecule has 1 radical (unpaired) electrons. The van der Waals surface area contributed by atoms with E-state index >= 15 is 0 Å². The molecule has 0 N–H and O–H groups in total. The SMILES string of the molecule is PPP(P(P)P)P(P(P(P)P)P(P)P)P(P(PP(P(P(P(P(P)P)P(P)P)P(P(P)P)P(P)P)P(P(P(P)P)P(P)P)P(P(P)P)P(P)P)P(P(P(P(P)P)P(P)P)P(P(P)P)P(P)P)P(P(P(P)P)P(P)P)P(P(P)P)P(P)P)P(P(P(P)P)P(P)P)P(P(P)P)P(P)P)P(P(P(P)P)P(P)P)P(P(P)P)P(P)P.[V]. The van der Waals surface area contributed by atoms with Gasteiger partial charge in [-0.3, -0.25) is 0 Å². The molecule has 0 aliphatic heterocycles. The van der Waals surface area contributed by atoms with Crippen molar-refractivity contribution in [3.63, 3.8) is 0 Å². The first kappa shape index (κ1) is 161. The molecule has 0 aromatic rings. The third-order valence-corrected chi connectivity index (χ3v) is 791. The summed E-state index contributed by atoms with van der Waals surface area (Å²) in [5, 5.41) is 0. The molecule has 0 heterocycles. The topological polar surface area (TPSA) is 0 Å². The molecule has 61 atom stereocenters. The average Bonchev–Trinajstić information content (AvgIpc) is 0.722. The Morgan fingerprint density at radius 1 is 0.0991 bits per heavy atom. The Kier molecular flexibility index (Phi) is 129. The molecule has 0 nitrogen and oxygen atoms in total. The van der Waals surface area contributed by atoms with Gasteiger partial charge in [0.05, 0.1) is 0 Å². The van der Waals surface area contributed by atoms with Crippen molar-refractivity contribution in [2.45, 2.75) is 0 Å². The molecule has 0 aliphatic rings. The van der Waals surface area contributed by atoms with Crippen LogP contribution in [0.4, 0.5) is 0 Å². The minimum atomic E-state index is -0.631. The number of hydrogen-bond donors (Lipinski definition) is 0. The average molecular weight is 3570 g/mol. The van der Waals surface area contributed by atoms with E-state index < -0.39 is 335 Å². The van der Waals surface area contributed by atoms with Crippen LogP contribution in [0.2, 0.25) is 0 Å². The summed E-state index contributed by atoms with van der Waals surface area (Å²) in [5.41, 5.74) is 0. The Bertz CT molecular complexity index is 1910. The zero-order valence-electron chi connectivity index (χ0n) is 56.9. The molecule has 0 aliphatic carbocycles. The van der Waals surface area contributed by atoms with Crippen LogP contribution in [0.5, 0.6) is 0 Å². The summed E-state index contributed by atoms with van der Waals surface area (Å²) >= 11 is 0. The predicted octanol–water partition coefficient (Wildman–Crippen LogP) is 64.7. The third kappa shape index (κ3) is 57.7. The molecule has 0 rings (SSSR count). The van der Waals surface area contributed by atoms with E-state index in [0.717, 1.165) is 15.9 Å². The normalized spacial score (nSPS) is 15.8. The van der Waals surface area contributed by atoms with E-state index in [1.165, 1.54) is 0 Å². The predicted molar refractivity (Wildman–Crippen MR) is 917 cm³/mol. The minimum Gasteiger partial charge on any atom is -0.109 e. The van der Waals surface area contributed by atoms with Gasteiger partial charge in [-0.05, 0) is 378 Å². The van der Waals surface area contributed by atoms with Crippen LogP contribution >= 0.6 is 877 Å². The first-order chi connectivity index (χ1) is 50.1. The van der Waals surface area contributed by atoms with Crippen LogP contribution in [0.3, 0.4) is 0 Å². The Balaban J connectivity index is 0. The molecule has 0 saturated heterocycles. The van der Waals surface area contributed by atoms with E-state index in [1.54, 1.807) is 0 Å². The zero-order chi connectivity index (χ0) is 87.0. The number of rotatable bonds is 54. The summed E-state index contributed by atoms with van der Waals surface area (Å²) in [4.78, 5) is 0. The maximum atomic E-state index is 3.82. The van der Waals surface area contributed by atoms with Crippen LogP contribution in [0.1, 0.15) is 0 Å². The van der Waals surface area contributed by atoms with Crippen molar-refractivity contribution in [2.75, 3.05) is 0 Å². The Morgan fingerprint density at radius 3 is 0.270 bits per heavy atom. The van der Waals surface area contributed by atoms with Gasteiger partial charge in [0.1, 0.15) is 0 Å². The quantitative estimate of drug-likeness (QED) is 0.0533. The molecule has 0 bridgehead atoms. The van der Waals surface area contributed by atoms with Gasteiger partial charge in [-0.1, -0.05) is 7.96 Å². The van der Waals surface area contributed by atoms with E-state index in [2.05, 4.69) is 491 Å². The van der Waals surface area contributed by atoms with Crippen molar-refractivity contribution < 1.29 is 18.6 Å². The van der Waals surface area contributed by atoms with E-state index in [0.29, 0.717) is 0 Å². The van der Waals surface area contributed by atoms with Crippen molar-refractivity contribution in [2.24, 2.45) is 0 Å². The first-order valence-corrected chi connectivity index (χ1v) is 226. The Hall–Kier alpha value is 47.9. The fourth-order valence-corrected chi connectivity index (χ4v) is 1640. The van der Waals surface area contributed by atoms with Gasteiger partial charge in [0.25, 0.3) is 0 Å². The zero-order valence-corrected chi connectivity index (χ0v) is 171. The second-order valence-electron chi connectivity index (χ2n) is 17.5. The summed E-state index contributed by atoms with van der Waals surface area (Å²) in [6, 6.07) is 0. The van der Waals surface area contributed by atoms with E-state index in [4.69, 9.17) is 0 Å². The largest absolute Gasteiger partial charge is 0.109 e. The van der Waals surface area contributed by atoms with Gasteiger partial charge in [0.15, 0.2) is 0 Å². The summed E-state index contributed by atoms with van der Waals surface area (Å²) in [7, 11) is 211. The summed E-state index contributed by atoms with van der Waals surface area (Å²) in [6.07, 6.45) is 0. The van der Waals surface area contributed by atoms with Crippen molar-refractivity contribution in [3.05, 3.63) is 0 Å². The Morgan fingerprint density at radius 2 is 0.180 bits per heavy atom. The standard InChI is InChI=1S/H112P110.V/c1-56-85(58(2)3)101(88(59(4)5)60(6)7)103(106(91(65(16)17)66(18)19)92(67(20)21)68(22)23)86(102(89(61(8)9)62(10)11)90(63(12)13)64(14)15)57-87(104(107(93(69(24)25)70(26)27)94(71(28)29)72(30)31)108(95(73(32)33)74(34)35)96(75(36)37)76(38)39)105(109(97(77(40)41)78(42)43)98(79(44)45)80(46)47)110(99(81(48)49)82(50)51)100(83(52)53)84(54)55;/h56-57H,1-55H2;. The molecule has 0 amide bonds. The van der Waals surface area contributed by atoms with E-state index in [-0.39, 0.29) is 53.5 Å². The van der Waals surface area contributed by atoms with E-state index in [1.807, 2.05) is 0 Å². The smallest absolute Gasteiger partial charge is 0 e. The molecule has 667 valence electrons. The summed E-state index contributed by atoms with van der Waals surface area (Å²) in [6.45, 7) is -23.3. The molecule has 0 fully saturated rings. The van der Waals surface area contributed by atoms with Crippen LogP contribution in [0.25, 0.3) is 0 Å². The molecular formula is H112P110V. The van der Waals surface area contributed by atoms with Crippen molar-refractivity contribution in [1.29, 1.82) is 0 Å². The maximum Gasteiger partial charge on any atom is 0 e.